The molecule has 2 fully saturated rings. The third kappa shape index (κ3) is 4.78. The van der Waals surface area contributed by atoms with Gasteiger partial charge in [-0.05, 0) is 43.4 Å². The molecule has 0 unspecified atom stereocenters. The van der Waals surface area contributed by atoms with E-state index in [1.807, 2.05) is 11.7 Å². The van der Waals surface area contributed by atoms with Crippen LogP contribution in [0.5, 0.6) is 0 Å². The van der Waals surface area contributed by atoms with Crippen molar-refractivity contribution >= 4 is 17.3 Å². The molecule has 3 heterocycles. The summed E-state index contributed by atoms with van der Waals surface area (Å²) in [6.45, 7) is 1.49. The van der Waals surface area contributed by atoms with Gasteiger partial charge in [-0.1, -0.05) is 24.3 Å². The standard InChI is InChI=1S/C21H27N3O3S/c25-18-11-24-17(21(18)27-20(26)8-7-16-2-1-9-23-16)10-14-3-5-15(6-4-14)19-12-22-13-28-19/h3-6,12-13,16-18,21,23-25H,1-2,7-11H2/t16-,17+,18-,21-/m0/s1. The van der Waals surface area contributed by atoms with E-state index in [1.54, 1.807) is 11.3 Å². The lowest BCUT2D eigenvalue weighted by Crippen LogP contribution is -2.39. The van der Waals surface area contributed by atoms with Crippen LogP contribution in [0.25, 0.3) is 10.4 Å². The van der Waals surface area contributed by atoms with Gasteiger partial charge >= 0.3 is 5.97 Å². The smallest absolute Gasteiger partial charge is 0.306 e. The van der Waals surface area contributed by atoms with Crippen LogP contribution in [0.2, 0.25) is 0 Å². The molecule has 2 saturated heterocycles. The van der Waals surface area contributed by atoms with Crippen molar-refractivity contribution in [3.05, 3.63) is 41.5 Å². The Kier molecular flexibility index (Phi) is 6.36. The van der Waals surface area contributed by atoms with Crippen molar-refractivity contribution in [1.29, 1.82) is 0 Å². The largest absolute Gasteiger partial charge is 0.458 e. The molecule has 0 radical (unpaired) electrons. The average Bonchev–Trinajstić information content (AvgIpc) is 3.46. The molecule has 1 aromatic carbocycles. The maximum absolute atomic E-state index is 12.3. The van der Waals surface area contributed by atoms with Crippen LogP contribution in [0.3, 0.4) is 0 Å². The minimum absolute atomic E-state index is 0.0715. The van der Waals surface area contributed by atoms with Crippen molar-refractivity contribution in [2.24, 2.45) is 0 Å². The van der Waals surface area contributed by atoms with Crippen LogP contribution >= 0.6 is 11.3 Å². The Morgan fingerprint density at radius 3 is 2.86 bits per heavy atom. The van der Waals surface area contributed by atoms with Crippen molar-refractivity contribution in [2.45, 2.75) is 56.4 Å². The molecule has 0 saturated carbocycles. The number of aliphatic hydroxyl groups excluding tert-OH is 1. The lowest BCUT2D eigenvalue weighted by atomic mass is 10.00. The summed E-state index contributed by atoms with van der Waals surface area (Å²) in [6, 6.07) is 8.70. The Morgan fingerprint density at radius 1 is 1.29 bits per heavy atom. The fourth-order valence-corrected chi connectivity index (χ4v) is 4.67. The van der Waals surface area contributed by atoms with Gasteiger partial charge in [0.05, 0.1) is 16.4 Å². The van der Waals surface area contributed by atoms with Crippen molar-refractivity contribution in [3.8, 4) is 10.4 Å². The number of carbonyl (C=O) groups is 1. The number of hydrogen-bond acceptors (Lipinski definition) is 7. The topological polar surface area (TPSA) is 83.5 Å². The van der Waals surface area contributed by atoms with Gasteiger partial charge in [0.25, 0.3) is 0 Å². The Bertz CT molecular complexity index is 760. The third-order valence-electron chi connectivity index (χ3n) is 5.62. The summed E-state index contributed by atoms with van der Waals surface area (Å²) in [5.41, 5.74) is 4.12. The van der Waals surface area contributed by atoms with Crippen LogP contribution in [0.15, 0.2) is 36.0 Å². The molecule has 4 atom stereocenters. The third-order valence-corrected chi connectivity index (χ3v) is 6.44. The molecule has 28 heavy (non-hydrogen) atoms. The predicted molar refractivity (Wildman–Crippen MR) is 109 cm³/mol. The zero-order chi connectivity index (χ0) is 19.3. The second-order valence-electron chi connectivity index (χ2n) is 7.64. The molecule has 1 aromatic heterocycles. The number of rotatable bonds is 7. The van der Waals surface area contributed by atoms with E-state index in [4.69, 9.17) is 4.74 Å². The minimum atomic E-state index is -0.657. The van der Waals surface area contributed by atoms with Gasteiger partial charge in [0.2, 0.25) is 0 Å². The van der Waals surface area contributed by atoms with E-state index in [2.05, 4.69) is 39.9 Å². The van der Waals surface area contributed by atoms with Crippen LogP contribution in [-0.2, 0) is 16.0 Å². The number of benzene rings is 1. The lowest BCUT2D eigenvalue weighted by molar-refractivity contribution is -0.154. The summed E-state index contributed by atoms with van der Waals surface area (Å²) in [4.78, 5) is 17.5. The van der Waals surface area contributed by atoms with Crippen molar-refractivity contribution in [1.82, 2.24) is 15.6 Å². The van der Waals surface area contributed by atoms with Gasteiger partial charge in [-0.2, -0.15) is 0 Å². The first-order valence-electron chi connectivity index (χ1n) is 10.0. The fraction of sp³-hybridized carbons (Fsp3) is 0.524. The second kappa shape index (κ2) is 9.13. The molecule has 0 aliphatic carbocycles. The number of carbonyl (C=O) groups excluding carboxylic acids is 1. The maximum Gasteiger partial charge on any atom is 0.306 e. The molecular formula is C21H27N3O3S. The van der Waals surface area contributed by atoms with Crippen LogP contribution in [0.1, 0.15) is 31.2 Å². The first-order chi connectivity index (χ1) is 13.7. The maximum atomic E-state index is 12.3. The Balaban J connectivity index is 1.32. The first kappa shape index (κ1) is 19.5. The predicted octanol–water partition coefficient (Wildman–Crippen LogP) is 2.13. The van der Waals surface area contributed by atoms with E-state index in [9.17, 15) is 9.90 Å². The molecule has 0 spiro atoms. The number of aliphatic hydroxyl groups is 1. The van der Waals surface area contributed by atoms with Gasteiger partial charge < -0.3 is 20.5 Å². The van der Waals surface area contributed by atoms with Crippen molar-refractivity contribution in [3.63, 3.8) is 0 Å². The number of aromatic nitrogens is 1. The molecule has 2 aromatic rings. The van der Waals surface area contributed by atoms with Crippen LogP contribution < -0.4 is 10.6 Å². The van der Waals surface area contributed by atoms with E-state index in [-0.39, 0.29) is 12.0 Å². The number of β-amino-alcohol motifs (C(OH)–C–C–N with tert-alkyl or cyclic N) is 1. The molecule has 2 aliphatic heterocycles. The zero-order valence-corrected chi connectivity index (χ0v) is 16.7. The van der Waals surface area contributed by atoms with Crippen LogP contribution in [0.4, 0.5) is 0 Å². The van der Waals surface area contributed by atoms with Gasteiger partial charge in [0.1, 0.15) is 12.2 Å². The number of thiazole rings is 1. The average molecular weight is 402 g/mol. The van der Waals surface area contributed by atoms with Crippen LogP contribution in [0, 0.1) is 0 Å². The molecule has 4 rings (SSSR count). The summed E-state index contributed by atoms with van der Waals surface area (Å²) in [6.07, 6.45) is 4.93. The van der Waals surface area contributed by atoms with Crippen molar-refractivity contribution in [2.75, 3.05) is 13.1 Å². The lowest BCUT2D eigenvalue weighted by Gasteiger charge is -2.22. The molecule has 150 valence electrons. The summed E-state index contributed by atoms with van der Waals surface area (Å²) < 4.78 is 5.67. The summed E-state index contributed by atoms with van der Waals surface area (Å²) in [5.74, 6) is -0.216. The second-order valence-corrected chi connectivity index (χ2v) is 8.52. The molecule has 0 amide bonds. The minimum Gasteiger partial charge on any atom is -0.458 e. The number of nitrogens with zero attached hydrogens (tertiary/aromatic N) is 1. The van der Waals surface area contributed by atoms with E-state index < -0.39 is 12.2 Å². The van der Waals surface area contributed by atoms with Crippen LogP contribution in [-0.4, -0.2) is 53.4 Å². The SMILES string of the molecule is O=C(CC[C@@H]1CCCN1)O[C@@H]1[C@@H](O)CN[C@@H]1Cc1ccc(-c2cncs2)cc1. The Morgan fingerprint density at radius 2 is 2.14 bits per heavy atom. The summed E-state index contributed by atoms with van der Waals surface area (Å²) >= 11 is 1.62. The highest BCUT2D eigenvalue weighted by molar-refractivity contribution is 7.13. The first-order valence-corrected chi connectivity index (χ1v) is 10.9. The molecule has 2 aliphatic rings. The highest BCUT2D eigenvalue weighted by Crippen LogP contribution is 2.25. The fourth-order valence-electron chi connectivity index (χ4n) is 4.04. The number of esters is 1. The normalized spacial score (nSPS) is 27.2. The molecule has 6 nitrogen and oxygen atoms in total. The van der Waals surface area contributed by atoms with E-state index in [0.29, 0.717) is 25.4 Å². The van der Waals surface area contributed by atoms with Gasteiger partial charge in [-0.15, -0.1) is 11.3 Å². The van der Waals surface area contributed by atoms with Gasteiger partial charge in [0.15, 0.2) is 0 Å². The molecule has 0 bridgehead atoms. The number of hydrogen-bond donors (Lipinski definition) is 3. The van der Waals surface area contributed by atoms with E-state index in [0.717, 1.165) is 35.4 Å². The number of nitrogens with one attached hydrogen (secondary N) is 2. The Labute approximate surface area is 169 Å². The van der Waals surface area contributed by atoms with Gasteiger partial charge in [-0.25, -0.2) is 0 Å². The van der Waals surface area contributed by atoms with Gasteiger partial charge in [0, 0.05) is 25.2 Å². The molecule has 3 N–H and O–H groups in total. The van der Waals surface area contributed by atoms with Crippen molar-refractivity contribution < 1.29 is 14.6 Å². The number of ether oxygens (including phenoxy) is 1. The molecule has 7 heteroatoms. The van der Waals surface area contributed by atoms with E-state index in [1.165, 1.54) is 6.42 Å². The monoisotopic (exact) mass is 401 g/mol. The van der Waals surface area contributed by atoms with Gasteiger partial charge in [-0.3, -0.25) is 9.78 Å². The summed E-state index contributed by atoms with van der Waals surface area (Å²) in [5, 5.41) is 17.0. The zero-order valence-electron chi connectivity index (χ0n) is 15.8. The highest BCUT2D eigenvalue weighted by Gasteiger charge is 2.37. The van der Waals surface area contributed by atoms with E-state index >= 15 is 0 Å². The molecular weight excluding hydrogens is 374 g/mol. The highest BCUT2D eigenvalue weighted by atomic mass is 32.1. The Hall–Kier alpha value is -1.80. The quantitative estimate of drug-likeness (QED) is 0.617. The summed E-state index contributed by atoms with van der Waals surface area (Å²) in [7, 11) is 0.